The van der Waals surface area contributed by atoms with Crippen molar-refractivity contribution in [3.05, 3.63) is 59.9 Å². The van der Waals surface area contributed by atoms with Crippen LogP contribution in [0, 0.1) is 0 Å². The van der Waals surface area contributed by atoms with Gasteiger partial charge in [0.1, 0.15) is 5.75 Å². The highest BCUT2D eigenvalue weighted by Crippen LogP contribution is 2.16. The molecule has 0 radical (unpaired) electrons. The van der Waals surface area contributed by atoms with Crippen molar-refractivity contribution in [2.75, 3.05) is 7.11 Å². The molecule has 0 saturated carbocycles. The maximum atomic E-state index is 12.1. The third-order valence-electron chi connectivity index (χ3n) is 3.33. The quantitative estimate of drug-likeness (QED) is 0.595. The summed E-state index contributed by atoms with van der Waals surface area (Å²) in [4.78, 5) is 28.0. The van der Waals surface area contributed by atoms with Gasteiger partial charge in [0, 0.05) is 24.7 Å². The lowest BCUT2D eigenvalue weighted by Crippen LogP contribution is -2.26. The molecule has 0 bridgehead atoms. The van der Waals surface area contributed by atoms with E-state index < -0.39 is 5.91 Å². The zero-order valence-electron chi connectivity index (χ0n) is 14.2. The normalized spacial score (nSPS) is 10.9. The maximum absolute atomic E-state index is 12.1. The summed E-state index contributed by atoms with van der Waals surface area (Å²) >= 11 is 0. The summed E-state index contributed by atoms with van der Waals surface area (Å²) in [7, 11) is 1.49. The number of amides is 2. The van der Waals surface area contributed by atoms with Crippen molar-refractivity contribution in [2.45, 2.75) is 19.9 Å². The van der Waals surface area contributed by atoms with Crippen LogP contribution in [0.4, 0.5) is 0 Å². The molecule has 1 aromatic heterocycles. The van der Waals surface area contributed by atoms with Crippen LogP contribution in [0.5, 0.6) is 5.75 Å². The highest BCUT2D eigenvalue weighted by atomic mass is 16.5. The van der Waals surface area contributed by atoms with Crippen molar-refractivity contribution in [1.82, 2.24) is 15.7 Å². The Morgan fingerprint density at radius 1 is 1.20 bits per heavy atom. The average Bonchev–Trinajstić information content (AvgIpc) is 2.65. The Bertz CT molecular complexity index is 760. The van der Waals surface area contributed by atoms with Gasteiger partial charge < -0.3 is 10.1 Å². The van der Waals surface area contributed by atoms with E-state index in [9.17, 15) is 9.59 Å². The van der Waals surface area contributed by atoms with E-state index in [2.05, 4.69) is 20.8 Å². The molecule has 0 aliphatic heterocycles. The Labute approximate surface area is 146 Å². The van der Waals surface area contributed by atoms with Gasteiger partial charge in [0.15, 0.2) is 0 Å². The Hall–Kier alpha value is -3.22. The van der Waals surface area contributed by atoms with Crippen LogP contribution in [0.2, 0.25) is 0 Å². The molecule has 25 heavy (non-hydrogen) atoms. The molecule has 0 aliphatic carbocycles. The van der Waals surface area contributed by atoms with Crippen LogP contribution in [0.3, 0.4) is 0 Å². The number of rotatable bonds is 7. The van der Waals surface area contributed by atoms with Crippen LogP contribution >= 0.6 is 0 Å². The minimum Gasteiger partial charge on any atom is -0.496 e. The predicted molar refractivity (Wildman–Crippen MR) is 94.3 cm³/mol. The van der Waals surface area contributed by atoms with E-state index in [1.54, 1.807) is 43.6 Å². The molecule has 1 aromatic carbocycles. The molecule has 2 aromatic rings. The number of carbonyl (C=O) groups excluding carboxylic acids is 2. The number of methoxy groups -OCH3 is 1. The summed E-state index contributed by atoms with van der Waals surface area (Å²) in [5, 5.41) is 6.73. The largest absolute Gasteiger partial charge is 0.496 e. The molecule has 0 unspecified atom stereocenters. The van der Waals surface area contributed by atoms with E-state index in [0.29, 0.717) is 23.6 Å². The number of benzene rings is 1. The van der Waals surface area contributed by atoms with Gasteiger partial charge in [0.25, 0.3) is 5.91 Å². The standard InChI is InChI=1S/C18H20N4O3/c1-13(10-17(23)20-12-14-6-5-9-19-11-14)21-22-18(24)15-7-3-4-8-16(15)25-2/h3-9,11H,10,12H2,1-2H3,(H,20,23)(H,22,24)/b21-13+. The van der Waals surface area contributed by atoms with Crippen LogP contribution in [0.25, 0.3) is 0 Å². The van der Waals surface area contributed by atoms with Crippen molar-refractivity contribution in [3.63, 3.8) is 0 Å². The van der Waals surface area contributed by atoms with Gasteiger partial charge in [-0.3, -0.25) is 14.6 Å². The monoisotopic (exact) mass is 340 g/mol. The van der Waals surface area contributed by atoms with Gasteiger partial charge in [-0.25, -0.2) is 5.43 Å². The van der Waals surface area contributed by atoms with E-state index in [1.165, 1.54) is 7.11 Å². The fourth-order valence-electron chi connectivity index (χ4n) is 2.08. The van der Waals surface area contributed by atoms with E-state index in [-0.39, 0.29) is 12.3 Å². The molecular formula is C18H20N4O3. The van der Waals surface area contributed by atoms with Gasteiger partial charge in [-0.05, 0) is 30.7 Å². The second-order valence-electron chi connectivity index (χ2n) is 5.30. The first-order chi connectivity index (χ1) is 12.1. The molecule has 7 heteroatoms. The fourth-order valence-corrected chi connectivity index (χ4v) is 2.08. The number of aromatic nitrogens is 1. The zero-order valence-corrected chi connectivity index (χ0v) is 14.2. The summed E-state index contributed by atoms with van der Waals surface area (Å²) in [6.45, 7) is 2.07. The van der Waals surface area contributed by atoms with Gasteiger partial charge in [0.2, 0.25) is 5.91 Å². The maximum Gasteiger partial charge on any atom is 0.275 e. The van der Waals surface area contributed by atoms with Gasteiger partial charge in [-0.15, -0.1) is 0 Å². The second kappa shape index (κ2) is 9.17. The number of nitrogens with zero attached hydrogens (tertiary/aromatic N) is 2. The van der Waals surface area contributed by atoms with Crippen molar-refractivity contribution in [1.29, 1.82) is 0 Å². The molecule has 1 heterocycles. The lowest BCUT2D eigenvalue weighted by atomic mass is 10.2. The van der Waals surface area contributed by atoms with E-state index in [4.69, 9.17) is 4.74 Å². The number of ether oxygens (including phenoxy) is 1. The molecular weight excluding hydrogens is 320 g/mol. The molecule has 0 fully saturated rings. The number of carbonyl (C=O) groups is 2. The van der Waals surface area contributed by atoms with E-state index in [1.807, 2.05) is 12.1 Å². The third-order valence-corrected chi connectivity index (χ3v) is 3.33. The number of hydrogen-bond donors (Lipinski definition) is 2. The summed E-state index contributed by atoms with van der Waals surface area (Å²) < 4.78 is 5.13. The van der Waals surface area contributed by atoms with E-state index >= 15 is 0 Å². The summed E-state index contributed by atoms with van der Waals surface area (Å²) in [6.07, 6.45) is 3.45. The first kappa shape index (κ1) is 18.1. The van der Waals surface area contributed by atoms with Crippen molar-refractivity contribution in [2.24, 2.45) is 5.10 Å². The molecule has 0 atom stereocenters. The highest BCUT2D eigenvalue weighted by Gasteiger charge is 2.11. The summed E-state index contributed by atoms with van der Waals surface area (Å²) in [6, 6.07) is 10.5. The SMILES string of the molecule is COc1ccccc1C(=O)N/N=C(\C)CC(=O)NCc1cccnc1. The van der Waals surface area contributed by atoms with E-state index in [0.717, 1.165) is 5.56 Å². The number of hydrazone groups is 1. The van der Waals surface area contributed by atoms with Crippen molar-refractivity contribution in [3.8, 4) is 5.75 Å². The lowest BCUT2D eigenvalue weighted by molar-refractivity contribution is -0.120. The Kier molecular flexibility index (Phi) is 6.65. The van der Waals surface area contributed by atoms with Crippen LogP contribution in [-0.2, 0) is 11.3 Å². The molecule has 2 rings (SSSR count). The average molecular weight is 340 g/mol. The zero-order chi connectivity index (χ0) is 18.1. The molecule has 0 saturated heterocycles. The molecule has 0 aliphatic rings. The van der Waals surface area contributed by atoms with Crippen LogP contribution in [-0.4, -0.2) is 29.6 Å². The Morgan fingerprint density at radius 2 is 2.00 bits per heavy atom. The molecule has 2 N–H and O–H groups in total. The number of para-hydroxylation sites is 1. The molecule has 0 spiro atoms. The first-order valence-electron chi connectivity index (χ1n) is 7.72. The fraction of sp³-hybridized carbons (Fsp3) is 0.222. The number of hydrogen-bond acceptors (Lipinski definition) is 5. The topological polar surface area (TPSA) is 92.7 Å². The van der Waals surface area contributed by atoms with Gasteiger partial charge in [-0.1, -0.05) is 18.2 Å². The number of nitrogens with one attached hydrogen (secondary N) is 2. The second-order valence-corrected chi connectivity index (χ2v) is 5.30. The van der Waals surface area contributed by atoms with Crippen molar-refractivity contribution < 1.29 is 14.3 Å². The van der Waals surface area contributed by atoms with Crippen LogP contribution in [0.15, 0.2) is 53.9 Å². The summed E-state index contributed by atoms with van der Waals surface area (Å²) in [5.41, 5.74) is 4.21. The predicted octanol–water partition coefficient (Wildman–Crippen LogP) is 1.90. The Balaban J connectivity index is 1.84. The number of pyridine rings is 1. The van der Waals surface area contributed by atoms with Crippen molar-refractivity contribution >= 4 is 17.5 Å². The minimum absolute atomic E-state index is 0.0897. The molecule has 7 nitrogen and oxygen atoms in total. The van der Waals surface area contributed by atoms with Gasteiger partial charge in [-0.2, -0.15) is 5.10 Å². The van der Waals surface area contributed by atoms with Crippen LogP contribution < -0.4 is 15.5 Å². The molecule has 130 valence electrons. The van der Waals surface area contributed by atoms with Gasteiger partial charge in [0.05, 0.1) is 19.1 Å². The highest BCUT2D eigenvalue weighted by molar-refractivity contribution is 6.01. The van der Waals surface area contributed by atoms with Gasteiger partial charge >= 0.3 is 0 Å². The van der Waals surface area contributed by atoms with Crippen LogP contribution in [0.1, 0.15) is 29.3 Å². The lowest BCUT2D eigenvalue weighted by Gasteiger charge is -2.07. The summed E-state index contributed by atoms with van der Waals surface area (Å²) in [5.74, 6) is -0.119. The third kappa shape index (κ3) is 5.72. The first-order valence-corrected chi connectivity index (χ1v) is 7.72. The smallest absolute Gasteiger partial charge is 0.275 e. The Morgan fingerprint density at radius 3 is 2.72 bits per heavy atom. The molecule has 2 amide bonds. The minimum atomic E-state index is -0.396.